The standard InChI is InChI=1S/C19H15N3S2/c1-13-12-23-19(21-13)22-18-11-15(9-10-20-18)24-17-8-4-6-14-5-2-3-7-16(14)17/h2-12H,1H3,(H,20,21,22). The molecule has 0 saturated heterocycles. The van der Waals surface area contributed by atoms with E-state index in [0.29, 0.717) is 0 Å². The summed E-state index contributed by atoms with van der Waals surface area (Å²) >= 11 is 3.34. The second kappa shape index (κ2) is 6.63. The minimum absolute atomic E-state index is 0.814. The Morgan fingerprint density at radius 2 is 1.92 bits per heavy atom. The average molecular weight is 349 g/mol. The lowest BCUT2D eigenvalue weighted by Gasteiger charge is -2.08. The van der Waals surface area contributed by atoms with Crippen molar-refractivity contribution in [3.8, 4) is 0 Å². The highest BCUT2D eigenvalue weighted by atomic mass is 32.2. The van der Waals surface area contributed by atoms with Crippen LogP contribution in [0.25, 0.3) is 10.8 Å². The maximum absolute atomic E-state index is 4.42. The van der Waals surface area contributed by atoms with E-state index >= 15 is 0 Å². The van der Waals surface area contributed by atoms with Gasteiger partial charge in [-0.1, -0.05) is 48.2 Å². The topological polar surface area (TPSA) is 37.8 Å². The number of benzene rings is 2. The van der Waals surface area contributed by atoms with Crippen LogP contribution in [0.4, 0.5) is 10.9 Å². The van der Waals surface area contributed by atoms with Gasteiger partial charge in [0, 0.05) is 21.4 Å². The summed E-state index contributed by atoms with van der Waals surface area (Å²) in [6, 6.07) is 18.9. The molecule has 5 heteroatoms. The number of hydrogen-bond acceptors (Lipinski definition) is 5. The minimum atomic E-state index is 0.814. The highest BCUT2D eigenvalue weighted by molar-refractivity contribution is 7.99. The molecule has 0 bridgehead atoms. The van der Waals surface area contributed by atoms with Gasteiger partial charge in [0.25, 0.3) is 0 Å². The van der Waals surface area contributed by atoms with Crippen LogP contribution in [0.3, 0.4) is 0 Å². The maximum Gasteiger partial charge on any atom is 0.188 e. The first-order valence-corrected chi connectivity index (χ1v) is 9.28. The molecular weight excluding hydrogens is 334 g/mol. The average Bonchev–Trinajstić information content (AvgIpc) is 3.00. The zero-order chi connectivity index (χ0) is 16.4. The fourth-order valence-corrected chi connectivity index (χ4v) is 4.17. The molecule has 0 aliphatic rings. The highest BCUT2D eigenvalue weighted by Crippen LogP contribution is 2.34. The zero-order valence-electron chi connectivity index (χ0n) is 13.1. The van der Waals surface area contributed by atoms with Crippen molar-refractivity contribution in [1.82, 2.24) is 9.97 Å². The Kier molecular flexibility index (Phi) is 4.19. The van der Waals surface area contributed by atoms with E-state index in [0.717, 1.165) is 21.5 Å². The van der Waals surface area contributed by atoms with Gasteiger partial charge in [0.2, 0.25) is 0 Å². The summed E-state index contributed by atoms with van der Waals surface area (Å²) in [4.78, 5) is 11.2. The van der Waals surface area contributed by atoms with Crippen LogP contribution >= 0.6 is 23.1 Å². The summed E-state index contributed by atoms with van der Waals surface area (Å²) < 4.78 is 0. The first kappa shape index (κ1) is 15.2. The monoisotopic (exact) mass is 349 g/mol. The summed E-state index contributed by atoms with van der Waals surface area (Å²) in [5, 5.41) is 8.69. The lowest BCUT2D eigenvalue weighted by Crippen LogP contribution is -1.92. The van der Waals surface area contributed by atoms with E-state index in [2.05, 4.69) is 63.8 Å². The molecule has 0 radical (unpaired) electrons. The van der Waals surface area contributed by atoms with Gasteiger partial charge in [0.1, 0.15) is 5.82 Å². The fourth-order valence-electron chi connectivity index (χ4n) is 2.48. The largest absolute Gasteiger partial charge is 0.316 e. The molecule has 4 aromatic rings. The number of hydrogen-bond donors (Lipinski definition) is 1. The van der Waals surface area contributed by atoms with Gasteiger partial charge in [-0.25, -0.2) is 9.97 Å². The van der Waals surface area contributed by atoms with Crippen molar-refractivity contribution in [2.75, 3.05) is 5.32 Å². The van der Waals surface area contributed by atoms with E-state index < -0.39 is 0 Å². The number of nitrogens with one attached hydrogen (secondary N) is 1. The second-order valence-electron chi connectivity index (χ2n) is 5.38. The SMILES string of the molecule is Cc1csc(Nc2cc(Sc3cccc4ccccc34)ccn2)n1. The third-order valence-corrected chi connectivity index (χ3v) is 5.50. The molecule has 0 amide bonds. The smallest absolute Gasteiger partial charge is 0.188 e. The molecule has 118 valence electrons. The van der Waals surface area contributed by atoms with E-state index in [1.54, 1.807) is 23.1 Å². The predicted octanol–water partition coefficient (Wildman–Crippen LogP) is 5.89. The van der Waals surface area contributed by atoms with Gasteiger partial charge in [0.15, 0.2) is 5.13 Å². The number of aromatic nitrogens is 2. The van der Waals surface area contributed by atoms with Crippen LogP contribution in [0.2, 0.25) is 0 Å². The number of nitrogens with zero attached hydrogens (tertiary/aromatic N) is 2. The molecule has 1 N–H and O–H groups in total. The van der Waals surface area contributed by atoms with Crippen molar-refractivity contribution in [3.63, 3.8) is 0 Å². The first-order chi connectivity index (χ1) is 11.8. The minimum Gasteiger partial charge on any atom is -0.316 e. The molecule has 3 nitrogen and oxygen atoms in total. The lowest BCUT2D eigenvalue weighted by atomic mass is 10.1. The number of rotatable bonds is 4. The second-order valence-corrected chi connectivity index (χ2v) is 7.35. The molecule has 0 unspecified atom stereocenters. The third-order valence-electron chi connectivity index (χ3n) is 3.56. The third kappa shape index (κ3) is 3.27. The summed E-state index contributed by atoms with van der Waals surface area (Å²) in [5.41, 5.74) is 1.02. The van der Waals surface area contributed by atoms with Crippen LogP contribution < -0.4 is 5.32 Å². The van der Waals surface area contributed by atoms with Crippen LogP contribution in [-0.4, -0.2) is 9.97 Å². The van der Waals surface area contributed by atoms with Crippen molar-refractivity contribution >= 4 is 44.8 Å². The van der Waals surface area contributed by atoms with Crippen LogP contribution in [-0.2, 0) is 0 Å². The number of fused-ring (bicyclic) bond motifs is 1. The normalized spacial score (nSPS) is 10.9. The van der Waals surface area contributed by atoms with Gasteiger partial charge in [-0.3, -0.25) is 0 Å². The van der Waals surface area contributed by atoms with Gasteiger partial charge < -0.3 is 5.32 Å². The highest BCUT2D eigenvalue weighted by Gasteiger charge is 2.05. The Hall–Kier alpha value is -2.37. The van der Waals surface area contributed by atoms with E-state index in [1.807, 2.05) is 24.6 Å². The maximum atomic E-state index is 4.42. The van der Waals surface area contributed by atoms with E-state index in [4.69, 9.17) is 0 Å². The predicted molar refractivity (Wildman–Crippen MR) is 102 cm³/mol. The van der Waals surface area contributed by atoms with Crippen molar-refractivity contribution in [3.05, 3.63) is 71.9 Å². The summed E-state index contributed by atoms with van der Waals surface area (Å²) in [5.74, 6) is 0.814. The summed E-state index contributed by atoms with van der Waals surface area (Å²) in [7, 11) is 0. The molecule has 0 aliphatic carbocycles. The first-order valence-electron chi connectivity index (χ1n) is 7.59. The molecule has 0 spiro atoms. The van der Waals surface area contributed by atoms with Gasteiger partial charge >= 0.3 is 0 Å². The number of anilines is 2. The molecule has 2 aromatic heterocycles. The molecule has 2 heterocycles. The van der Waals surface area contributed by atoms with E-state index in [9.17, 15) is 0 Å². The Morgan fingerprint density at radius 3 is 2.79 bits per heavy atom. The van der Waals surface area contributed by atoms with Crippen molar-refractivity contribution in [2.24, 2.45) is 0 Å². The number of pyridine rings is 1. The van der Waals surface area contributed by atoms with Crippen molar-refractivity contribution in [1.29, 1.82) is 0 Å². The Balaban J connectivity index is 1.61. The fraction of sp³-hybridized carbons (Fsp3) is 0.0526. The van der Waals surface area contributed by atoms with Gasteiger partial charge in [-0.05, 0) is 35.9 Å². The van der Waals surface area contributed by atoms with E-state index in [-0.39, 0.29) is 0 Å². The Labute approximate surface area is 148 Å². The molecule has 0 fully saturated rings. The van der Waals surface area contributed by atoms with Gasteiger partial charge in [-0.2, -0.15) is 0 Å². The Morgan fingerprint density at radius 1 is 1.04 bits per heavy atom. The molecular formula is C19H15N3S2. The van der Waals surface area contributed by atoms with Gasteiger partial charge in [0.05, 0.1) is 5.69 Å². The molecule has 24 heavy (non-hydrogen) atoms. The van der Waals surface area contributed by atoms with E-state index in [1.165, 1.54) is 15.7 Å². The van der Waals surface area contributed by atoms with Crippen molar-refractivity contribution < 1.29 is 0 Å². The van der Waals surface area contributed by atoms with Crippen molar-refractivity contribution in [2.45, 2.75) is 16.7 Å². The Bertz CT molecular complexity index is 989. The summed E-state index contributed by atoms with van der Waals surface area (Å²) in [6.07, 6.45) is 1.83. The molecule has 0 saturated carbocycles. The van der Waals surface area contributed by atoms with Crippen LogP contribution in [0, 0.1) is 6.92 Å². The lowest BCUT2D eigenvalue weighted by molar-refractivity contribution is 1.22. The zero-order valence-corrected chi connectivity index (χ0v) is 14.7. The molecule has 0 atom stereocenters. The number of aryl methyl sites for hydroxylation is 1. The van der Waals surface area contributed by atoms with Crippen LogP contribution in [0.15, 0.2) is 76.0 Å². The quantitative estimate of drug-likeness (QED) is 0.498. The molecule has 0 aliphatic heterocycles. The molecule has 2 aromatic carbocycles. The number of thiazole rings is 1. The van der Waals surface area contributed by atoms with Gasteiger partial charge in [-0.15, -0.1) is 11.3 Å². The van der Waals surface area contributed by atoms with Crippen LogP contribution in [0.1, 0.15) is 5.69 Å². The summed E-state index contributed by atoms with van der Waals surface area (Å²) in [6.45, 7) is 1.99. The van der Waals surface area contributed by atoms with Crippen LogP contribution in [0.5, 0.6) is 0 Å². The molecule has 4 rings (SSSR count).